The van der Waals surface area contributed by atoms with Crippen molar-refractivity contribution >= 4 is 29.3 Å². The predicted molar refractivity (Wildman–Crippen MR) is 75.9 cm³/mol. The minimum absolute atomic E-state index is 0.195. The summed E-state index contributed by atoms with van der Waals surface area (Å²) in [4.78, 5) is 15.9. The maximum atomic E-state index is 13.4. The SMILES string of the molecule is Cc1ccc(NC(=O)[C@@H](C)Sc2n[nH]c(N)n2)cc1F. The van der Waals surface area contributed by atoms with Crippen LogP contribution in [0.1, 0.15) is 12.5 Å². The van der Waals surface area contributed by atoms with Crippen molar-refractivity contribution in [1.29, 1.82) is 0 Å². The number of carbonyl (C=O) groups is 1. The number of nitrogens with two attached hydrogens (primary N) is 1. The fraction of sp³-hybridized carbons (Fsp3) is 0.250. The molecule has 1 heterocycles. The first-order chi connectivity index (χ1) is 9.45. The van der Waals surface area contributed by atoms with Crippen molar-refractivity contribution in [2.75, 3.05) is 11.1 Å². The van der Waals surface area contributed by atoms with Crippen LogP contribution in [0.25, 0.3) is 0 Å². The molecular formula is C12H14FN5OS. The van der Waals surface area contributed by atoms with Gasteiger partial charge in [-0.1, -0.05) is 17.8 Å². The summed E-state index contributed by atoms with van der Waals surface area (Å²) in [5.74, 6) is -0.424. The first kappa shape index (κ1) is 14.3. The number of hydrogen-bond donors (Lipinski definition) is 3. The largest absolute Gasteiger partial charge is 0.368 e. The van der Waals surface area contributed by atoms with Crippen molar-refractivity contribution < 1.29 is 9.18 Å². The number of nitrogen functional groups attached to an aromatic ring is 1. The molecule has 2 aromatic rings. The zero-order chi connectivity index (χ0) is 14.7. The average Bonchev–Trinajstić information content (AvgIpc) is 2.79. The Morgan fingerprint density at radius 3 is 2.90 bits per heavy atom. The maximum absolute atomic E-state index is 13.4. The molecule has 0 aliphatic rings. The van der Waals surface area contributed by atoms with Crippen LogP contribution < -0.4 is 11.1 Å². The maximum Gasteiger partial charge on any atom is 0.237 e. The third-order valence-corrected chi connectivity index (χ3v) is 3.53. The molecule has 0 aliphatic heterocycles. The summed E-state index contributed by atoms with van der Waals surface area (Å²) in [7, 11) is 0. The quantitative estimate of drug-likeness (QED) is 0.749. The van der Waals surface area contributed by atoms with Crippen LogP contribution in [0, 0.1) is 12.7 Å². The van der Waals surface area contributed by atoms with Crippen LogP contribution in [0.2, 0.25) is 0 Å². The second-order valence-corrected chi connectivity index (χ2v) is 5.52. The van der Waals surface area contributed by atoms with Crippen LogP contribution >= 0.6 is 11.8 Å². The third-order valence-electron chi connectivity index (χ3n) is 2.57. The van der Waals surface area contributed by atoms with Crippen molar-refractivity contribution in [3.63, 3.8) is 0 Å². The van der Waals surface area contributed by atoms with E-state index in [9.17, 15) is 9.18 Å². The molecule has 0 spiro atoms. The van der Waals surface area contributed by atoms with Gasteiger partial charge in [-0.05, 0) is 31.5 Å². The summed E-state index contributed by atoms with van der Waals surface area (Å²) >= 11 is 1.16. The topological polar surface area (TPSA) is 96.7 Å². The van der Waals surface area contributed by atoms with E-state index in [0.29, 0.717) is 16.4 Å². The lowest BCUT2D eigenvalue weighted by atomic mass is 10.2. The highest BCUT2D eigenvalue weighted by molar-refractivity contribution is 8.00. The van der Waals surface area contributed by atoms with Crippen LogP contribution in [-0.4, -0.2) is 26.3 Å². The number of H-pyrrole nitrogens is 1. The number of amides is 1. The zero-order valence-corrected chi connectivity index (χ0v) is 11.8. The van der Waals surface area contributed by atoms with Gasteiger partial charge in [0.25, 0.3) is 0 Å². The number of thioether (sulfide) groups is 1. The molecule has 0 saturated heterocycles. The van der Waals surface area contributed by atoms with E-state index >= 15 is 0 Å². The normalized spacial score (nSPS) is 12.2. The summed E-state index contributed by atoms with van der Waals surface area (Å²) in [5, 5.41) is 8.92. The molecule has 8 heteroatoms. The highest BCUT2D eigenvalue weighted by atomic mass is 32.2. The first-order valence-corrected chi connectivity index (χ1v) is 6.75. The number of halogens is 1. The van der Waals surface area contributed by atoms with Crippen molar-refractivity contribution in [2.24, 2.45) is 0 Å². The lowest BCUT2D eigenvalue weighted by molar-refractivity contribution is -0.115. The lowest BCUT2D eigenvalue weighted by Gasteiger charge is -2.10. The Kier molecular flexibility index (Phi) is 4.23. The van der Waals surface area contributed by atoms with Gasteiger partial charge in [0.1, 0.15) is 5.82 Å². The van der Waals surface area contributed by atoms with Crippen molar-refractivity contribution in [1.82, 2.24) is 15.2 Å². The molecular weight excluding hydrogens is 281 g/mol. The zero-order valence-electron chi connectivity index (χ0n) is 11.0. The number of rotatable bonds is 4. The second-order valence-electron chi connectivity index (χ2n) is 4.22. The van der Waals surface area contributed by atoms with Gasteiger partial charge >= 0.3 is 0 Å². The summed E-state index contributed by atoms with van der Waals surface area (Å²) < 4.78 is 13.4. The fourth-order valence-electron chi connectivity index (χ4n) is 1.44. The van der Waals surface area contributed by atoms with Gasteiger partial charge in [0, 0.05) is 5.69 Å². The minimum Gasteiger partial charge on any atom is -0.368 e. The van der Waals surface area contributed by atoms with E-state index in [1.54, 1.807) is 26.0 Å². The van der Waals surface area contributed by atoms with E-state index in [4.69, 9.17) is 5.73 Å². The number of carbonyl (C=O) groups excluding carboxylic acids is 1. The summed E-state index contributed by atoms with van der Waals surface area (Å²) in [6, 6.07) is 4.55. The van der Waals surface area contributed by atoms with Gasteiger partial charge in [0.2, 0.25) is 17.0 Å². The molecule has 106 valence electrons. The van der Waals surface area contributed by atoms with Gasteiger partial charge in [-0.3, -0.25) is 4.79 Å². The number of hydrogen-bond acceptors (Lipinski definition) is 5. The monoisotopic (exact) mass is 295 g/mol. The lowest BCUT2D eigenvalue weighted by Crippen LogP contribution is -2.22. The average molecular weight is 295 g/mol. The molecule has 1 aromatic carbocycles. The third kappa shape index (κ3) is 3.47. The molecule has 4 N–H and O–H groups in total. The number of aromatic nitrogens is 3. The smallest absolute Gasteiger partial charge is 0.237 e. The van der Waals surface area contributed by atoms with E-state index in [1.807, 2.05) is 0 Å². The van der Waals surface area contributed by atoms with Crippen LogP contribution in [-0.2, 0) is 4.79 Å². The Hall–Kier alpha value is -2.09. The summed E-state index contributed by atoms with van der Waals surface area (Å²) in [5.41, 5.74) is 6.35. The molecule has 0 bridgehead atoms. The fourth-order valence-corrected chi connectivity index (χ4v) is 2.17. The van der Waals surface area contributed by atoms with Gasteiger partial charge in [0.15, 0.2) is 0 Å². The Bertz CT molecular complexity index is 630. The number of nitrogens with one attached hydrogen (secondary N) is 2. The van der Waals surface area contributed by atoms with Crippen LogP contribution in [0.3, 0.4) is 0 Å². The molecule has 0 unspecified atom stereocenters. The van der Waals surface area contributed by atoms with E-state index < -0.39 is 5.25 Å². The number of anilines is 2. The molecule has 1 aromatic heterocycles. The molecule has 0 saturated carbocycles. The van der Waals surface area contributed by atoms with Crippen LogP contribution in [0.15, 0.2) is 23.4 Å². The molecule has 6 nitrogen and oxygen atoms in total. The number of nitrogens with zero attached hydrogens (tertiary/aromatic N) is 2. The van der Waals surface area contributed by atoms with E-state index in [2.05, 4.69) is 20.5 Å². The highest BCUT2D eigenvalue weighted by Gasteiger charge is 2.17. The number of aromatic amines is 1. The molecule has 0 fully saturated rings. The first-order valence-electron chi connectivity index (χ1n) is 5.87. The van der Waals surface area contributed by atoms with Gasteiger partial charge in [0.05, 0.1) is 5.25 Å². The Morgan fingerprint density at radius 2 is 2.30 bits per heavy atom. The summed E-state index contributed by atoms with van der Waals surface area (Å²) in [6.45, 7) is 3.37. The van der Waals surface area contributed by atoms with Crippen LogP contribution in [0.5, 0.6) is 0 Å². The molecule has 20 heavy (non-hydrogen) atoms. The summed E-state index contributed by atoms with van der Waals surface area (Å²) in [6.07, 6.45) is 0. The van der Waals surface area contributed by atoms with Gasteiger partial charge in [-0.25, -0.2) is 9.49 Å². The van der Waals surface area contributed by atoms with Gasteiger partial charge in [-0.15, -0.1) is 5.10 Å². The van der Waals surface area contributed by atoms with Crippen molar-refractivity contribution in [3.05, 3.63) is 29.6 Å². The number of aryl methyl sites for hydroxylation is 1. The molecule has 2 rings (SSSR count). The highest BCUT2D eigenvalue weighted by Crippen LogP contribution is 2.21. The second kappa shape index (κ2) is 5.91. The van der Waals surface area contributed by atoms with E-state index in [-0.39, 0.29) is 17.7 Å². The number of benzene rings is 1. The van der Waals surface area contributed by atoms with Crippen molar-refractivity contribution in [3.8, 4) is 0 Å². The van der Waals surface area contributed by atoms with E-state index in [0.717, 1.165) is 11.8 Å². The Morgan fingerprint density at radius 1 is 1.55 bits per heavy atom. The predicted octanol–water partition coefficient (Wildman–Crippen LogP) is 1.95. The van der Waals surface area contributed by atoms with Crippen molar-refractivity contribution in [2.45, 2.75) is 24.3 Å². The Balaban J connectivity index is 1.98. The standard InChI is InChI=1S/C12H14FN5OS/c1-6-3-4-8(5-9(6)13)15-10(19)7(2)20-12-16-11(14)17-18-12/h3-5,7H,1-2H3,(H,15,19)(H3,14,16,17,18)/t7-/m1/s1. The minimum atomic E-state index is -0.436. The van der Waals surface area contributed by atoms with Crippen LogP contribution in [0.4, 0.5) is 16.0 Å². The molecule has 0 radical (unpaired) electrons. The Labute approximate surface area is 119 Å². The molecule has 0 aliphatic carbocycles. The van der Waals surface area contributed by atoms with E-state index in [1.165, 1.54) is 6.07 Å². The van der Waals surface area contributed by atoms with Gasteiger partial charge in [-0.2, -0.15) is 4.98 Å². The molecule has 1 atom stereocenters. The van der Waals surface area contributed by atoms with Gasteiger partial charge < -0.3 is 11.1 Å². The molecule has 1 amide bonds.